The highest BCUT2D eigenvalue weighted by molar-refractivity contribution is 9.10. The van der Waals surface area contributed by atoms with Crippen LogP contribution in [0.3, 0.4) is 0 Å². The smallest absolute Gasteiger partial charge is 0.106 e. The van der Waals surface area contributed by atoms with Gasteiger partial charge in [-0.2, -0.15) is 0 Å². The van der Waals surface area contributed by atoms with E-state index in [2.05, 4.69) is 15.9 Å². The number of furan rings is 1. The van der Waals surface area contributed by atoms with E-state index in [1.165, 1.54) is 0 Å². The van der Waals surface area contributed by atoms with Crippen molar-refractivity contribution in [2.75, 3.05) is 0 Å². The SMILES string of the molecule is OC(Cc1ccco1)c1ccccc1Br. The molecule has 0 radical (unpaired) electrons. The zero-order chi connectivity index (χ0) is 10.7. The molecule has 1 unspecified atom stereocenters. The first kappa shape index (κ1) is 10.5. The normalized spacial score (nSPS) is 12.7. The summed E-state index contributed by atoms with van der Waals surface area (Å²) in [5.41, 5.74) is 0.883. The Bertz CT molecular complexity index is 423. The molecule has 0 aliphatic heterocycles. The van der Waals surface area contributed by atoms with Gasteiger partial charge in [-0.05, 0) is 23.8 Å². The van der Waals surface area contributed by atoms with Gasteiger partial charge >= 0.3 is 0 Å². The van der Waals surface area contributed by atoms with E-state index in [-0.39, 0.29) is 0 Å². The topological polar surface area (TPSA) is 33.4 Å². The minimum Gasteiger partial charge on any atom is -0.469 e. The molecule has 1 aromatic heterocycles. The first-order valence-corrected chi connectivity index (χ1v) is 5.51. The minimum atomic E-state index is -0.535. The first-order valence-electron chi connectivity index (χ1n) is 4.72. The van der Waals surface area contributed by atoms with Gasteiger partial charge in [-0.25, -0.2) is 0 Å². The summed E-state index contributed by atoms with van der Waals surface area (Å²) in [6.45, 7) is 0. The molecule has 0 fully saturated rings. The van der Waals surface area contributed by atoms with Crippen LogP contribution in [0, 0.1) is 0 Å². The van der Waals surface area contributed by atoms with Gasteiger partial charge in [-0.15, -0.1) is 0 Å². The summed E-state index contributed by atoms with van der Waals surface area (Å²) < 4.78 is 6.11. The quantitative estimate of drug-likeness (QED) is 0.925. The van der Waals surface area contributed by atoms with Crippen molar-refractivity contribution < 1.29 is 9.52 Å². The van der Waals surface area contributed by atoms with Crippen molar-refractivity contribution in [1.29, 1.82) is 0 Å². The molecule has 2 nitrogen and oxygen atoms in total. The van der Waals surface area contributed by atoms with Gasteiger partial charge in [0.25, 0.3) is 0 Å². The van der Waals surface area contributed by atoms with Crippen LogP contribution in [0.15, 0.2) is 51.6 Å². The monoisotopic (exact) mass is 266 g/mol. The lowest BCUT2D eigenvalue weighted by molar-refractivity contribution is 0.170. The molecular weight excluding hydrogens is 256 g/mol. The zero-order valence-electron chi connectivity index (χ0n) is 8.06. The van der Waals surface area contributed by atoms with Crippen LogP contribution in [0.5, 0.6) is 0 Å². The molecular formula is C12H11BrO2. The van der Waals surface area contributed by atoms with E-state index in [1.807, 2.05) is 36.4 Å². The van der Waals surface area contributed by atoms with Crippen molar-refractivity contribution in [2.24, 2.45) is 0 Å². The Morgan fingerprint density at radius 1 is 1.20 bits per heavy atom. The average molecular weight is 267 g/mol. The Morgan fingerprint density at radius 3 is 2.67 bits per heavy atom. The van der Waals surface area contributed by atoms with Crippen LogP contribution in [0.2, 0.25) is 0 Å². The predicted octanol–water partition coefficient (Wildman–Crippen LogP) is 3.32. The summed E-state index contributed by atoms with van der Waals surface area (Å²) in [5, 5.41) is 9.98. The second kappa shape index (κ2) is 4.64. The van der Waals surface area contributed by atoms with Gasteiger partial charge in [-0.3, -0.25) is 0 Å². The van der Waals surface area contributed by atoms with Crippen LogP contribution < -0.4 is 0 Å². The molecule has 78 valence electrons. The van der Waals surface area contributed by atoms with Crippen molar-refractivity contribution in [1.82, 2.24) is 0 Å². The molecule has 1 atom stereocenters. The fourth-order valence-electron chi connectivity index (χ4n) is 1.47. The summed E-state index contributed by atoms with van der Waals surface area (Å²) in [6, 6.07) is 11.3. The van der Waals surface area contributed by atoms with Crippen LogP contribution in [0.25, 0.3) is 0 Å². The number of benzene rings is 1. The van der Waals surface area contributed by atoms with E-state index >= 15 is 0 Å². The Balaban J connectivity index is 2.15. The molecule has 1 heterocycles. The van der Waals surface area contributed by atoms with Crippen LogP contribution in [0.4, 0.5) is 0 Å². The molecule has 15 heavy (non-hydrogen) atoms. The third-order valence-electron chi connectivity index (χ3n) is 2.24. The minimum absolute atomic E-state index is 0.496. The number of hydrogen-bond acceptors (Lipinski definition) is 2. The van der Waals surface area contributed by atoms with E-state index in [0.717, 1.165) is 15.8 Å². The predicted molar refractivity (Wildman–Crippen MR) is 61.5 cm³/mol. The summed E-state index contributed by atoms with van der Waals surface area (Å²) in [7, 11) is 0. The van der Waals surface area contributed by atoms with Gasteiger partial charge in [0.2, 0.25) is 0 Å². The van der Waals surface area contributed by atoms with E-state index in [9.17, 15) is 5.11 Å². The van der Waals surface area contributed by atoms with Crippen molar-refractivity contribution in [3.8, 4) is 0 Å². The van der Waals surface area contributed by atoms with Crippen molar-refractivity contribution >= 4 is 15.9 Å². The highest BCUT2D eigenvalue weighted by atomic mass is 79.9. The maximum Gasteiger partial charge on any atom is 0.106 e. The molecule has 0 aliphatic carbocycles. The lowest BCUT2D eigenvalue weighted by Gasteiger charge is -2.10. The van der Waals surface area contributed by atoms with Crippen molar-refractivity contribution in [2.45, 2.75) is 12.5 Å². The number of hydrogen-bond donors (Lipinski definition) is 1. The van der Waals surface area contributed by atoms with Gasteiger partial charge < -0.3 is 9.52 Å². The summed E-state index contributed by atoms with van der Waals surface area (Å²) in [6.07, 6.45) is 1.57. The van der Waals surface area contributed by atoms with Crippen LogP contribution in [0.1, 0.15) is 17.4 Å². The van der Waals surface area contributed by atoms with Crippen LogP contribution in [-0.2, 0) is 6.42 Å². The van der Waals surface area contributed by atoms with E-state index in [0.29, 0.717) is 6.42 Å². The largest absolute Gasteiger partial charge is 0.469 e. The fourth-order valence-corrected chi connectivity index (χ4v) is 2.02. The summed E-state index contributed by atoms with van der Waals surface area (Å²) in [5.74, 6) is 0.790. The molecule has 0 saturated carbocycles. The highest BCUT2D eigenvalue weighted by Crippen LogP contribution is 2.25. The molecule has 0 aliphatic rings. The molecule has 0 amide bonds. The van der Waals surface area contributed by atoms with Gasteiger partial charge in [0, 0.05) is 10.9 Å². The van der Waals surface area contributed by atoms with Gasteiger partial charge in [0.15, 0.2) is 0 Å². The Hall–Kier alpha value is -1.06. The van der Waals surface area contributed by atoms with Gasteiger partial charge in [-0.1, -0.05) is 34.1 Å². The molecule has 0 saturated heterocycles. The maximum absolute atomic E-state index is 9.98. The molecule has 3 heteroatoms. The van der Waals surface area contributed by atoms with E-state index in [4.69, 9.17) is 4.42 Å². The maximum atomic E-state index is 9.98. The standard InChI is InChI=1S/C12H11BrO2/c13-11-6-2-1-5-10(11)12(14)8-9-4-3-7-15-9/h1-7,12,14H,8H2. The zero-order valence-corrected chi connectivity index (χ0v) is 9.65. The molecule has 1 N–H and O–H groups in total. The Morgan fingerprint density at radius 2 is 2.00 bits per heavy atom. The van der Waals surface area contributed by atoms with Gasteiger partial charge in [0.05, 0.1) is 12.4 Å². The lowest BCUT2D eigenvalue weighted by Crippen LogP contribution is -2.01. The molecule has 2 aromatic rings. The van der Waals surface area contributed by atoms with E-state index in [1.54, 1.807) is 6.26 Å². The number of rotatable bonds is 3. The fraction of sp³-hybridized carbons (Fsp3) is 0.167. The van der Waals surface area contributed by atoms with E-state index < -0.39 is 6.10 Å². The summed E-state index contributed by atoms with van der Waals surface area (Å²) >= 11 is 3.41. The first-order chi connectivity index (χ1) is 7.27. The number of halogens is 1. The second-order valence-electron chi connectivity index (χ2n) is 3.32. The highest BCUT2D eigenvalue weighted by Gasteiger charge is 2.12. The average Bonchev–Trinajstić information content (AvgIpc) is 2.71. The molecule has 2 rings (SSSR count). The van der Waals surface area contributed by atoms with Crippen molar-refractivity contribution in [3.63, 3.8) is 0 Å². The third kappa shape index (κ3) is 2.49. The lowest BCUT2D eigenvalue weighted by atomic mass is 10.1. The molecule has 0 bridgehead atoms. The molecule has 0 spiro atoms. The van der Waals surface area contributed by atoms with Gasteiger partial charge in [0.1, 0.15) is 5.76 Å². The third-order valence-corrected chi connectivity index (χ3v) is 2.96. The second-order valence-corrected chi connectivity index (χ2v) is 4.18. The Labute approximate surface area is 96.7 Å². The number of aliphatic hydroxyl groups is 1. The summed E-state index contributed by atoms with van der Waals surface area (Å²) in [4.78, 5) is 0. The molecule has 1 aromatic carbocycles. The number of aliphatic hydroxyl groups excluding tert-OH is 1. The Kier molecular flexibility index (Phi) is 3.23. The van der Waals surface area contributed by atoms with Crippen molar-refractivity contribution in [3.05, 3.63) is 58.5 Å². The van der Waals surface area contributed by atoms with Crippen LogP contribution in [-0.4, -0.2) is 5.11 Å². The van der Waals surface area contributed by atoms with Crippen LogP contribution >= 0.6 is 15.9 Å².